The monoisotopic (exact) mass is 268 g/mol. The van der Waals surface area contributed by atoms with Gasteiger partial charge >= 0.3 is 5.97 Å². The maximum Gasteiger partial charge on any atom is 0.335 e. The zero-order chi connectivity index (χ0) is 14.1. The summed E-state index contributed by atoms with van der Waals surface area (Å²) in [5.41, 5.74) is 2.47. The molecule has 0 saturated heterocycles. The summed E-state index contributed by atoms with van der Waals surface area (Å²) in [5.74, 6) is -1.11. The van der Waals surface area contributed by atoms with Gasteiger partial charge in [0.05, 0.1) is 16.9 Å². The van der Waals surface area contributed by atoms with Crippen molar-refractivity contribution in [2.75, 3.05) is 16.8 Å². The van der Waals surface area contributed by atoms with E-state index in [9.17, 15) is 9.59 Å². The van der Waals surface area contributed by atoms with E-state index in [1.807, 2.05) is 24.3 Å². The van der Waals surface area contributed by atoms with Crippen LogP contribution in [0.4, 0.5) is 17.1 Å². The van der Waals surface area contributed by atoms with Gasteiger partial charge in [-0.1, -0.05) is 18.2 Å². The number of carbonyl (C=O) groups is 2. The zero-order valence-corrected chi connectivity index (χ0v) is 10.5. The minimum atomic E-state index is -0.985. The normalized spacial score (nSPS) is 13.6. The van der Waals surface area contributed by atoms with Crippen molar-refractivity contribution in [3.63, 3.8) is 0 Å². The standard InChI is InChI=1S/C15H12N2O3/c18-14-9-17(13-7-2-1-6-12(13)16-14)11-5-3-4-10(8-11)15(19)20/h1-8H,9H2,(H,16,18)(H,19,20). The summed E-state index contributed by atoms with van der Waals surface area (Å²) in [4.78, 5) is 24.6. The number of aromatic carboxylic acids is 1. The first-order valence-corrected chi connectivity index (χ1v) is 6.15. The second-order valence-electron chi connectivity index (χ2n) is 4.51. The van der Waals surface area contributed by atoms with Crippen molar-refractivity contribution in [1.29, 1.82) is 0 Å². The molecule has 5 heteroatoms. The van der Waals surface area contributed by atoms with E-state index in [4.69, 9.17) is 5.11 Å². The fraction of sp³-hybridized carbons (Fsp3) is 0.0667. The van der Waals surface area contributed by atoms with Gasteiger partial charge in [-0.3, -0.25) is 4.79 Å². The third kappa shape index (κ3) is 2.09. The van der Waals surface area contributed by atoms with Crippen molar-refractivity contribution in [2.45, 2.75) is 0 Å². The van der Waals surface area contributed by atoms with Crippen LogP contribution in [0.5, 0.6) is 0 Å². The lowest BCUT2D eigenvalue weighted by Gasteiger charge is -2.31. The first-order chi connectivity index (χ1) is 9.65. The molecule has 0 radical (unpaired) electrons. The highest BCUT2D eigenvalue weighted by molar-refractivity contribution is 6.03. The number of para-hydroxylation sites is 2. The van der Waals surface area contributed by atoms with Crippen molar-refractivity contribution in [1.82, 2.24) is 0 Å². The molecule has 1 heterocycles. The molecule has 0 fully saturated rings. The zero-order valence-electron chi connectivity index (χ0n) is 10.5. The Kier molecular flexibility index (Phi) is 2.87. The molecule has 0 unspecified atom stereocenters. The van der Waals surface area contributed by atoms with Crippen LogP contribution in [-0.4, -0.2) is 23.5 Å². The van der Waals surface area contributed by atoms with E-state index in [1.54, 1.807) is 23.1 Å². The summed E-state index contributed by atoms with van der Waals surface area (Å²) < 4.78 is 0. The fourth-order valence-electron chi connectivity index (χ4n) is 2.27. The van der Waals surface area contributed by atoms with Crippen LogP contribution < -0.4 is 10.2 Å². The van der Waals surface area contributed by atoms with Crippen molar-refractivity contribution in [3.05, 3.63) is 54.1 Å². The maximum absolute atomic E-state index is 11.8. The average molecular weight is 268 g/mol. The van der Waals surface area contributed by atoms with Crippen LogP contribution in [-0.2, 0) is 4.79 Å². The average Bonchev–Trinajstić information content (AvgIpc) is 2.46. The summed E-state index contributed by atoms with van der Waals surface area (Å²) >= 11 is 0. The number of carboxylic acids is 1. The number of anilines is 3. The van der Waals surface area contributed by atoms with Crippen LogP contribution in [0.15, 0.2) is 48.5 Å². The van der Waals surface area contributed by atoms with Crippen molar-refractivity contribution < 1.29 is 14.7 Å². The predicted molar refractivity (Wildman–Crippen MR) is 75.5 cm³/mol. The van der Waals surface area contributed by atoms with E-state index < -0.39 is 5.97 Å². The molecule has 5 nitrogen and oxygen atoms in total. The SMILES string of the molecule is O=C1CN(c2cccc(C(=O)O)c2)c2ccccc2N1. The number of carboxylic acid groups (broad SMARTS) is 1. The summed E-state index contributed by atoms with van der Waals surface area (Å²) in [6.07, 6.45) is 0. The lowest BCUT2D eigenvalue weighted by molar-refractivity contribution is -0.115. The minimum absolute atomic E-state index is 0.121. The fourth-order valence-corrected chi connectivity index (χ4v) is 2.27. The van der Waals surface area contributed by atoms with Crippen LogP contribution in [0.25, 0.3) is 0 Å². The third-order valence-electron chi connectivity index (χ3n) is 3.18. The van der Waals surface area contributed by atoms with Crippen LogP contribution >= 0.6 is 0 Å². The minimum Gasteiger partial charge on any atom is -0.478 e. The van der Waals surface area contributed by atoms with E-state index >= 15 is 0 Å². The first-order valence-electron chi connectivity index (χ1n) is 6.15. The topological polar surface area (TPSA) is 69.6 Å². The number of nitrogens with one attached hydrogen (secondary N) is 1. The van der Waals surface area contributed by atoms with Crippen molar-refractivity contribution in [3.8, 4) is 0 Å². The molecule has 2 aromatic carbocycles. The van der Waals surface area contributed by atoms with Gasteiger partial charge in [0.15, 0.2) is 0 Å². The smallest absolute Gasteiger partial charge is 0.335 e. The molecular weight excluding hydrogens is 256 g/mol. The Morgan fingerprint density at radius 2 is 1.95 bits per heavy atom. The van der Waals surface area contributed by atoms with Crippen LogP contribution in [0.1, 0.15) is 10.4 Å². The summed E-state index contributed by atoms with van der Waals surface area (Å²) in [6, 6.07) is 14.0. The Morgan fingerprint density at radius 3 is 2.75 bits per heavy atom. The van der Waals surface area contributed by atoms with E-state index in [-0.39, 0.29) is 18.0 Å². The van der Waals surface area contributed by atoms with Gasteiger partial charge in [0.25, 0.3) is 0 Å². The Labute approximate surface area is 115 Å². The van der Waals surface area contributed by atoms with Crippen LogP contribution in [0.3, 0.4) is 0 Å². The number of hydrogen-bond acceptors (Lipinski definition) is 3. The lowest BCUT2D eigenvalue weighted by atomic mass is 10.1. The molecule has 1 amide bonds. The lowest BCUT2D eigenvalue weighted by Crippen LogP contribution is -2.35. The van der Waals surface area contributed by atoms with Gasteiger partial charge < -0.3 is 15.3 Å². The molecule has 100 valence electrons. The second kappa shape index (κ2) is 4.70. The molecule has 0 bridgehead atoms. The highest BCUT2D eigenvalue weighted by atomic mass is 16.4. The van der Waals surface area contributed by atoms with Gasteiger partial charge in [0.1, 0.15) is 6.54 Å². The molecule has 1 aliphatic rings. The van der Waals surface area contributed by atoms with Crippen molar-refractivity contribution >= 4 is 28.9 Å². The Balaban J connectivity index is 2.08. The molecule has 0 spiro atoms. The molecule has 0 aromatic heterocycles. The number of carbonyl (C=O) groups excluding carboxylic acids is 1. The van der Waals surface area contributed by atoms with Crippen LogP contribution in [0.2, 0.25) is 0 Å². The Bertz CT molecular complexity index is 697. The molecular formula is C15H12N2O3. The van der Waals surface area contributed by atoms with Crippen molar-refractivity contribution in [2.24, 2.45) is 0 Å². The Hall–Kier alpha value is -2.82. The third-order valence-corrected chi connectivity index (χ3v) is 3.18. The number of fused-ring (bicyclic) bond motifs is 1. The van der Waals surface area contributed by atoms with E-state index in [1.165, 1.54) is 6.07 Å². The van der Waals surface area contributed by atoms with Gasteiger partial charge in [-0.15, -0.1) is 0 Å². The quantitative estimate of drug-likeness (QED) is 0.877. The van der Waals surface area contributed by atoms with E-state index in [0.29, 0.717) is 5.69 Å². The first kappa shape index (κ1) is 12.2. The number of benzene rings is 2. The number of amides is 1. The molecule has 0 saturated carbocycles. The Morgan fingerprint density at radius 1 is 1.15 bits per heavy atom. The second-order valence-corrected chi connectivity index (χ2v) is 4.51. The molecule has 20 heavy (non-hydrogen) atoms. The molecule has 0 aliphatic carbocycles. The molecule has 0 atom stereocenters. The van der Waals surface area contributed by atoms with Gasteiger partial charge in [0, 0.05) is 5.69 Å². The number of hydrogen-bond donors (Lipinski definition) is 2. The molecule has 1 aliphatic heterocycles. The summed E-state index contributed by atoms with van der Waals surface area (Å²) in [6.45, 7) is 0.167. The summed E-state index contributed by atoms with van der Waals surface area (Å²) in [5, 5.41) is 11.9. The van der Waals surface area contributed by atoms with E-state index in [0.717, 1.165) is 11.4 Å². The molecule has 3 rings (SSSR count). The highest BCUT2D eigenvalue weighted by Gasteiger charge is 2.23. The number of nitrogens with zero attached hydrogens (tertiary/aromatic N) is 1. The largest absolute Gasteiger partial charge is 0.478 e. The maximum atomic E-state index is 11.8. The van der Waals surface area contributed by atoms with Crippen LogP contribution in [0, 0.1) is 0 Å². The number of rotatable bonds is 2. The van der Waals surface area contributed by atoms with E-state index in [2.05, 4.69) is 5.32 Å². The highest BCUT2D eigenvalue weighted by Crippen LogP contribution is 2.34. The predicted octanol–water partition coefficient (Wildman–Crippen LogP) is 2.48. The van der Waals surface area contributed by atoms with Gasteiger partial charge in [-0.25, -0.2) is 4.79 Å². The molecule has 2 N–H and O–H groups in total. The van der Waals surface area contributed by atoms with Gasteiger partial charge in [-0.05, 0) is 30.3 Å². The summed E-state index contributed by atoms with van der Waals surface area (Å²) in [7, 11) is 0. The van der Waals surface area contributed by atoms with Gasteiger partial charge in [-0.2, -0.15) is 0 Å². The molecule has 2 aromatic rings. The van der Waals surface area contributed by atoms with Gasteiger partial charge in [0.2, 0.25) is 5.91 Å².